The molecule has 1 saturated heterocycles. The highest BCUT2D eigenvalue weighted by Gasteiger charge is 2.23. The Kier molecular flexibility index (Phi) is 3.92. The van der Waals surface area contributed by atoms with Gasteiger partial charge in [-0.05, 0) is 13.3 Å². The molecule has 1 fully saturated rings. The van der Waals surface area contributed by atoms with E-state index in [-0.39, 0.29) is 17.3 Å². The Morgan fingerprint density at radius 3 is 3.11 bits per heavy atom. The van der Waals surface area contributed by atoms with Crippen molar-refractivity contribution in [3.05, 3.63) is 27.9 Å². The van der Waals surface area contributed by atoms with Gasteiger partial charge in [0.1, 0.15) is 23.6 Å². The van der Waals surface area contributed by atoms with Crippen LogP contribution in [0.5, 0.6) is 0 Å². The van der Waals surface area contributed by atoms with Gasteiger partial charge in [0.25, 0.3) is 5.69 Å². The summed E-state index contributed by atoms with van der Waals surface area (Å²) in [7, 11) is 0. The molecule has 2 atom stereocenters. The summed E-state index contributed by atoms with van der Waals surface area (Å²) >= 11 is 0. The highest BCUT2D eigenvalue weighted by Crippen LogP contribution is 2.23. The van der Waals surface area contributed by atoms with Gasteiger partial charge in [0, 0.05) is 24.6 Å². The molecule has 0 amide bonds. The van der Waals surface area contributed by atoms with Crippen LogP contribution in [0, 0.1) is 27.4 Å². The fourth-order valence-electron chi connectivity index (χ4n) is 2.03. The lowest BCUT2D eigenvalue weighted by Gasteiger charge is -2.20. The summed E-state index contributed by atoms with van der Waals surface area (Å²) in [6, 6.07) is 3.26. The van der Waals surface area contributed by atoms with Crippen molar-refractivity contribution in [1.29, 1.82) is 5.26 Å². The molecule has 1 aromatic heterocycles. The third kappa shape index (κ3) is 2.98. The van der Waals surface area contributed by atoms with E-state index < -0.39 is 4.92 Å². The predicted octanol–water partition coefficient (Wildman–Crippen LogP) is 1.70. The van der Waals surface area contributed by atoms with E-state index in [0.29, 0.717) is 18.3 Å². The van der Waals surface area contributed by atoms with E-state index in [1.165, 1.54) is 6.07 Å². The van der Waals surface area contributed by atoms with Crippen molar-refractivity contribution in [1.82, 2.24) is 4.98 Å². The van der Waals surface area contributed by atoms with Crippen LogP contribution in [-0.2, 0) is 4.74 Å². The van der Waals surface area contributed by atoms with Gasteiger partial charge >= 0.3 is 0 Å². The maximum atomic E-state index is 10.6. The van der Waals surface area contributed by atoms with E-state index in [9.17, 15) is 10.1 Å². The van der Waals surface area contributed by atoms with E-state index in [1.54, 1.807) is 0 Å². The highest BCUT2D eigenvalue weighted by atomic mass is 16.6. The number of pyridine rings is 1. The molecule has 1 aliphatic rings. The lowest BCUT2D eigenvalue weighted by atomic mass is 10.0. The molecule has 7 nitrogen and oxygen atoms in total. The quantitative estimate of drug-likeness (QED) is 0.654. The SMILES string of the molecule is CC(Nc1ncc([N+](=O)[O-])cc1C#N)C1CCOC1. The van der Waals surface area contributed by atoms with E-state index in [0.717, 1.165) is 19.2 Å². The zero-order valence-corrected chi connectivity index (χ0v) is 10.5. The van der Waals surface area contributed by atoms with Crippen LogP contribution in [0.15, 0.2) is 12.3 Å². The minimum absolute atomic E-state index is 0.101. The summed E-state index contributed by atoms with van der Waals surface area (Å²) < 4.78 is 5.31. The van der Waals surface area contributed by atoms with Crippen LogP contribution in [0.1, 0.15) is 18.9 Å². The molecule has 2 heterocycles. The van der Waals surface area contributed by atoms with Gasteiger partial charge in [0.2, 0.25) is 0 Å². The van der Waals surface area contributed by atoms with E-state index in [2.05, 4.69) is 10.3 Å². The second kappa shape index (κ2) is 5.63. The first-order valence-electron chi connectivity index (χ1n) is 6.00. The molecule has 0 bridgehead atoms. The Morgan fingerprint density at radius 1 is 1.74 bits per heavy atom. The number of nitro groups is 1. The van der Waals surface area contributed by atoms with Crippen LogP contribution in [0.3, 0.4) is 0 Å². The number of hydrogen-bond donors (Lipinski definition) is 1. The van der Waals surface area contributed by atoms with Crippen LogP contribution in [0.25, 0.3) is 0 Å². The van der Waals surface area contributed by atoms with Gasteiger partial charge in [0.15, 0.2) is 0 Å². The molecule has 2 unspecified atom stereocenters. The minimum atomic E-state index is -0.564. The summed E-state index contributed by atoms with van der Waals surface area (Å²) in [5.41, 5.74) is -0.00100. The van der Waals surface area contributed by atoms with Gasteiger partial charge in [-0.15, -0.1) is 0 Å². The minimum Gasteiger partial charge on any atom is -0.381 e. The Bertz CT molecular complexity index is 520. The van der Waals surface area contributed by atoms with Crippen molar-refractivity contribution in [3.8, 4) is 6.07 Å². The number of ether oxygens (including phenoxy) is 1. The molecule has 0 aromatic carbocycles. The molecule has 0 radical (unpaired) electrons. The largest absolute Gasteiger partial charge is 0.381 e. The zero-order valence-electron chi connectivity index (χ0n) is 10.5. The zero-order chi connectivity index (χ0) is 13.8. The average Bonchev–Trinajstić information content (AvgIpc) is 2.92. The first-order chi connectivity index (χ1) is 9.11. The summed E-state index contributed by atoms with van der Waals surface area (Å²) in [4.78, 5) is 14.0. The number of nitrogens with zero attached hydrogens (tertiary/aromatic N) is 3. The first-order valence-corrected chi connectivity index (χ1v) is 6.00. The van der Waals surface area contributed by atoms with Crippen LogP contribution in [0.4, 0.5) is 11.5 Å². The molecular weight excluding hydrogens is 248 g/mol. The summed E-state index contributed by atoms with van der Waals surface area (Å²) in [6.07, 6.45) is 2.12. The summed E-state index contributed by atoms with van der Waals surface area (Å²) in [5, 5.41) is 22.8. The van der Waals surface area contributed by atoms with Gasteiger partial charge in [0.05, 0.1) is 11.5 Å². The third-order valence-corrected chi connectivity index (χ3v) is 3.24. The Morgan fingerprint density at radius 2 is 2.53 bits per heavy atom. The molecule has 100 valence electrons. The first kappa shape index (κ1) is 13.2. The van der Waals surface area contributed by atoms with Crippen LogP contribution < -0.4 is 5.32 Å². The summed E-state index contributed by atoms with van der Waals surface area (Å²) in [5.74, 6) is 0.746. The summed E-state index contributed by atoms with van der Waals surface area (Å²) in [6.45, 7) is 3.42. The smallest absolute Gasteiger partial charge is 0.289 e. The Labute approximate surface area is 110 Å². The van der Waals surface area contributed by atoms with Gasteiger partial charge in [-0.25, -0.2) is 4.98 Å². The normalized spacial score (nSPS) is 19.7. The molecule has 1 aliphatic heterocycles. The number of anilines is 1. The highest BCUT2D eigenvalue weighted by molar-refractivity contribution is 5.55. The Balaban J connectivity index is 2.15. The third-order valence-electron chi connectivity index (χ3n) is 3.24. The molecule has 0 aliphatic carbocycles. The number of nitriles is 1. The molecule has 0 saturated carbocycles. The fourth-order valence-corrected chi connectivity index (χ4v) is 2.03. The molecule has 0 spiro atoms. The molecule has 7 heteroatoms. The van der Waals surface area contributed by atoms with Gasteiger partial charge in [-0.2, -0.15) is 5.26 Å². The monoisotopic (exact) mass is 262 g/mol. The van der Waals surface area contributed by atoms with Crippen molar-refractivity contribution in [3.63, 3.8) is 0 Å². The topological polar surface area (TPSA) is 101 Å². The maximum Gasteiger partial charge on any atom is 0.289 e. The second-order valence-electron chi connectivity index (χ2n) is 4.52. The number of rotatable bonds is 4. The van der Waals surface area contributed by atoms with E-state index in [1.807, 2.05) is 13.0 Å². The van der Waals surface area contributed by atoms with Crippen LogP contribution >= 0.6 is 0 Å². The standard InChI is InChI=1S/C12H14N4O3/c1-8(9-2-3-19-7-9)15-12-10(5-13)4-11(6-14-12)16(17)18/h4,6,8-9H,2-3,7H2,1H3,(H,14,15). The fraction of sp³-hybridized carbons (Fsp3) is 0.500. The number of nitrogens with one attached hydrogen (secondary N) is 1. The molecule has 1 aromatic rings. The van der Waals surface area contributed by atoms with Crippen molar-refractivity contribution in [2.24, 2.45) is 5.92 Å². The van der Waals surface area contributed by atoms with Crippen LogP contribution in [0.2, 0.25) is 0 Å². The van der Waals surface area contributed by atoms with Crippen molar-refractivity contribution < 1.29 is 9.66 Å². The van der Waals surface area contributed by atoms with Crippen molar-refractivity contribution in [2.45, 2.75) is 19.4 Å². The van der Waals surface area contributed by atoms with Gasteiger partial charge in [-0.1, -0.05) is 0 Å². The Hall–Kier alpha value is -2.20. The number of aromatic nitrogens is 1. The number of hydrogen-bond acceptors (Lipinski definition) is 6. The molecule has 2 rings (SSSR count). The molecule has 19 heavy (non-hydrogen) atoms. The lowest BCUT2D eigenvalue weighted by molar-refractivity contribution is -0.385. The predicted molar refractivity (Wildman–Crippen MR) is 67.6 cm³/mol. The van der Waals surface area contributed by atoms with Gasteiger partial charge in [-0.3, -0.25) is 10.1 Å². The molecular formula is C12H14N4O3. The van der Waals surface area contributed by atoms with Crippen molar-refractivity contribution >= 4 is 11.5 Å². The lowest BCUT2D eigenvalue weighted by Crippen LogP contribution is -2.27. The van der Waals surface area contributed by atoms with Crippen LogP contribution in [-0.4, -0.2) is 29.2 Å². The van der Waals surface area contributed by atoms with E-state index >= 15 is 0 Å². The van der Waals surface area contributed by atoms with Gasteiger partial charge < -0.3 is 10.1 Å². The molecule has 1 N–H and O–H groups in total. The average molecular weight is 262 g/mol. The maximum absolute atomic E-state index is 10.6. The van der Waals surface area contributed by atoms with Crippen molar-refractivity contribution in [2.75, 3.05) is 18.5 Å². The van der Waals surface area contributed by atoms with E-state index in [4.69, 9.17) is 10.00 Å². The second-order valence-corrected chi connectivity index (χ2v) is 4.52.